The summed E-state index contributed by atoms with van der Waals surface area (Å²) in [5.41, 5.74) is 8.15. The Morgan fingerprint density at radius 2 is 2.29 bits per heavy atom. The van der Waals surface area contributed by atoms with Gasteiger partial charge in [-0.3, -0.25) is 4.79 Å². The molecule has 0 bridgehead atoms. The number of hydrogen-bond donors (Lipinski definition) is 2. The van der Waals surface area contributed by atoms with Crippen molar-refractivity contribution in [1.82, 2.24) is 5.43 Å². The van der Waals surface area contributed by atoms with E-state index in [1.165, 1.54) is 7.11 Å². The van der Waals surface area contributed by atoms with Crippen LogP contribution in [0.15, 0.2) is 5.10 Å². The van der Waals surface area contributed by atoms with Gasteiger partial charge < -0.3 is 10.5 Å². The van der Waals surface area contributed by atoms with Crippen molar-refractivity contribution in [3.8, 4) is 0 Å². The first-order valence-corrected chi connectivity index (χ1v) is 5.82. The van der Waals surface area contributed by atoms with Crippen LogP contribution < -0.4 is 11.2 Å². The quantitative estimate of drug-likeness (QED) is 0.571. The van der Waals surface area contributed by atoms with E-state index in [1.54, 1.807) is 0 Å². The van der Waals surface area contributed by atoms with Crippen molar-refractivity contribution in [2.24, 2.45) is 16.8 Å². The van der Waals surface area contributed by atoms with Gasteiger partial charge in [0.15, 0.2) is 0 Å². The van der Waals surface area contributed by atoms with Crippen LogP contribution in [0.5, 0.6) is 0 Å². The summed E-state index contributed by atoms with van der Waals surface area (Å²) in [7, 11) is 1.38. The van der Waals surface area contributed by atoms with E-state index in [0.29, 0.717) is 12.8 Å². The van der Waals surface area contributed by atoms with Crippen molar-refractivity contribution in [3.05, 3.63) is 0 Å². The van der Waals surface area contributed by atoms with Crippen LogP contribution in [0.3, 0.4) is 0 Å². The minimum Gasteiger partial charge on any atom is -0.469 e. The average Bonchev–Trinajstić information content (AvgIpc) is 2.34. The third kappa shape index (κ3) is 4.84. The Labute approximate surface area is 101 Å². The summed E-state index contributed by atoms with van der Waals surface area (Å²) < 4.78 is 4.61. The Bertz CT molecular complexity index is 315. The van der Waals surface area contributed by atoms with E-state index < -0.39 is 6.03 Å². The molecule has 1 saturated carbocycles. The molecule has 1 aliphatic rings. The summed E-state index contributed by atoms with van der Waals surface area (Å²) in [4.78, 5) is 21.7. The highest BCUT2D eigenvalue weighted by Gasteiger charge is 2.21. The molecule has 6 nitrogen and oxygen atoms in total. The second kappa shape index (κ2) is 6.88. The average molecular weight is 241 g/mol. The maximum absolute atomic E-state index is 11.1. The van der Waals surface area contributed by atoms with Crippen molar-refractivity contribution in [2.45, 2.75) is 38.5 Å². The van der Waals surface area contributed by atoms with Crippen molar-refractivity contribution >= 4 is 17.7 Å². The Hall–Kier alpha value is -1.59. The number of nitrogens with zero attached hydrogens (tertiary/aromatic N) is 1. The Morgan fingerprint density at radius 3 is 2.94 bits per heavy atom. The molecule has 6 heteroatoms. The van der Waals surface area contributed by atoms with Gasteiger partial charge in [-0.1, -0.05) is 6.42 Å². The first-order chi connectivity index (χ1) is 8.13. The Kier molecular flexibility index (Phi) is 5.45. The minimum absolute atomic E-state index is 0.210. The van der Waals surface area contributed by atoms with E-state index >= 15 is 0 Å². The fourth-order valence-electron chi connectivity index (χ4n) is 2.05. The number of carbonyl (C=O) groups excluding carboxylic acids is 2. The van der Waals surface area contributed by atoms with Crippen LogP contribution in [0.2, 0.25) is 0 Å². The van der Waals surface area contributed by atoms with E-state index in [9.17, 15) is 9.59 Å². The minimum atomic E-state index is -0.658. The topological polar surface area (TPSA) is 93.8 Å². The lowest BCUT2D eigenvalue weighted by Gasteiger charge is -2.23. The molecule has 0 spiro atoms. The first kappa shape index (κ1) is 13.5. The number of hydrogen-bond acceptors (Lipinski definition) is 4. The largest absolute Gasteiger partial charge is 0.469 e. The SMILES string of the molecule is COC(=O)CC[C@H]1CCCC/C1=N\NC(N)=O. The molecular weight excluding hydrogens is 222 g/mol. The van der Waals surface area contributed by atoms with Gasteiger partial charge in [-0.15, -0.1) is 0 Å². The van der Waals surface area contributed by atoms with E-state index in [4.69, 9.17) is 5.73 Å². The van der Waals surface area contributed by atoms with Crippen molar-refractivity contribution in [1.29, 1.82) is 0 Å². The molecule has 0 heterocycles. The highest BCUT2D eigenvalue weighted by atomic mass is 16.5. The predicted octanol–water partition coefficient (Wildman–Crippen LogP) is 1.15. The van der Waals surface area contributed by atoms with Gasteiger partial charge in [-0.2, -0.15) is 5.10 Å². The van der Waals surface area contributed by atoms with E-state index in [-0.39, 0.29) is 11.9 Å². The number of methoxy groups -OCH3 is 1. The number of primary amides is 1. The lowest BCUT2D eigenvalue weighted by atomic mass is 9.84. The number of esters is 1. The third-order valence-corrected chi connectivity index (χ3v) is 2.94. The van der Waals surface area contributed by atoms with E-state index in [2.05, 4.69) is 15.3 Å². The fraction of sp³-hybridized carbons (Fsp3) is 0.727. The van der Waals surface area contributed by atoms with Crippen LogP contribution in [-0.4, -0.2) is 24.8 Å². The molecule has 0 aromatic rings. The second-order valence-electron chi connectivity index (χ2n) is 4.14. The molecule has 0 aromatic carbocycles. The zero-order valence-corrected chi connectivity index (χ0v) is 10.1. The van der Waals surface area contributed by atoms with Gasteiger partial charge in [0.2, 0.25) is 0 Å². The normalized spacial score (nSPS) is 22.2. The lowest BCUT2D eigenvalue weighted by Crippen LogP contribution is -2.29. The zero-order chi connectivity index (χ0) is 12.7. The van der Waals surface area contributed by atoms with Gasteiger partial charge in [0.25, 0.3) is 0 Å². The predicted molar refractivity (Wildman–Crippen MR) is 63.4 cm³/mol. The summed E-state index contributed by atoms with van der Waals surface area (Å²) in [5.74, 6) is 0.0347. The number of nitrogens with two attached hydrogens (primary N) is 1. The van der Waals surface area contributed by atoms with Crippen molar-refractivity contribution in [2.75, 3.05) is 7.11 Å². The van der Waals surface area contributed by atoms with Crippen LogP contribution in [0.25, 0.3) is 0 Å². The second-order valence-corrected chi connectivity index (χ2v) is 4.14. The van der Waals surface area contributed by atoms with Crippen LogP contribution in [0.1, 0.15) is 38.5 Å². The Morgan fingerprint density at radius 1 is 1.53 bits per heavy atom. The van der Waals surface area contributed by atoms with Gasteiger partial charge in [-0.25, -0.2) is 10.2 Å². The molecule has 0 aromatic heterocycles. The molecule has 0 aliphatic heterocycles. The standard InChI is InChI=1S/C11H19N3O3/c1-17-10(15)7-6-8-4-2-3-5-9(8)13-14-11(12)16/h8H,2-7H2,1H3,(H3,12,14,16)/b13-9+/t8-/m1/s1. The number of rotatable bonds is 4. The summed E-state index contributed by atoms with van der Waals surface area (Å²) in [6.45, 7) is 0. The molecule has 0 saturated heterocycles. The van der Waals surface area contributed by atoms with Crippen LogP contribution in [0.4, 0.5) is 4.79 Å². The zero-order valence-electron chi connectivity index (χ0n) is 10.1. The van der Waals surface area contributed by atoms with Gasteiger partial charge in [0.05, 0.1) is 7.11 Å². The van der Waals surface area contributed by atoms with Gasteiger partial charge in [0, 0.05) is 12.1 Å². The highest BCUT2D eigenvalue weighted by molar-refractivity contribution is 5.88. The van der Waals surface area contributed by atoms with Gasteiger partial charge in [0.1, 0.15) is 0 Å². The summed E-state index contributed by atoms with van der Waals surface area (Å²) in [5, 5.41) is 4.01. The molecule has 1 rings (SSSR count). The van der Waals surface area contributed by atoms with E-state index in [0.717, 1.165) is 31.4 Å². The maximum Gasteiger partial charge on any atom is 0.332 e. The maximum atomic E-state index is 11.1. The molecule has 0 radical (unpaired) electrons. The molecule has 2 amide bonds. The number of nitrogens with one attached hydrogen (secondary N) is 1. The molecule has 0 unspecified atom stereocenters. The molecule has 1 fully saturated rings. The van der Waals surface area contributed by atoms with Crippen molar-refractivity contribution in [3.63, 3.8) is 0 Å². The smallest absolute Gasteiger partial charge is 0.332 e. The molecular formula is C11H19N3O3. The Balaban J connectivity index is 2.50. The summed E-state index contributed by atoms with van der Waals surface area (Å²) in [6.07, 6.45) is 5.14. The van der Waals surface area contributed by atoms with Crippen LogP contribution >= 0.6 is 0 Å². The summed E-state index contributed by atoms with van der Waals surface area (Å²) in [6, 6.07) is -0.658. The molecule has 3 N–H and O–H groups in total. The highest BCUT2D eigenvalue weighted by Crippen LogP contribution is 2.25. The molecule has 1 atom stereocenters. The number of ether oxygens (including phenoxy) is 1. The van der Waals surface area contributed by atoms with Crippen LogP contribution in [-0.2, 0) is 9.53 Å². The van der Waals surface area contributed by atoms with Gasteiger partial charge in [-0.05, 0) is 31.6 Å². The first-order valence-electron chi connectivity index (χ1n) is 5.82. The number of carbonyl (C=O) groups is 2. The molecule has 1 aliphatic carbocycles. The van der Waals surface area contributed by atoms with E-state index in [1.807, 2.05) is 0 Å². The number of hydrazone groups is 1. The third-order valence-electron chi connectivity index (χ3n) is 2.94. The number of amides is 2. The monoisotopic (exact) mass is 241 g/mol. The molecule has 17 heavy (non-hydrogen) atoms. The number of urea groups is 1. The van der Waals surface area contributed by atoms with Crippen LogP contribution in [0, 0.1) is 5.92 Å². The summed E-state index contributed by atoms with van der Waals surface area (Å²) >= 11 is 0. The lowest BCUT2D eigenvalue weighted by molar-refractivity contribution is -0.140. The van der Waals surface area contributed by atoms with Crippen molar-refractivity contribution < 1.29 is 14.3 Å². The fourth-order valence-corrected chi connectivity index (χ4v) is 2.05. The molecule has 96 valence electrons. The van der Waals surface area contributed by atoms with Gasteiger partial charge >= 0.3 is 12.0 Å².